The van der Waals surface area contributed by atoms with Crippen molar-refractivity contribution in [2.75, 3.05) is 6.54 Å². The Morgan fingerprint density at radius 2 is 1.62 bits per heavy atom. The maximum absolute atomic E-state index is 13.2. The van der Waals surface area contributed by atoms with Gasteiger partial charge in [-0.25, -0.2) is 4.39 Å². The molecule has 3 nitrogen and oxygen atoms in total. The van der Waals surface area contributed by atoms with Crippen LogP contribution < -0.4 is 5.32 Å². The van der Waals surface area contributed by atoms with Crippen LogP contribution in [0.2, 0.25) is 0 Å². The Labute approximate surface area is 228 Å². The van der Waals surface area contributed by atoms with Crippen LogP contribution in [0.4, 0.5) is 4.39 Å². The van der Waals surface area contributed by atoms with Gasteiger partial charge in [-0.2, -0.15) is 0 Å². The lowest BCUT2D eigenvalue weighted by Crippen LogP contribution is -2.26. The Kier molecular flexibility index (Phi) is 15.9. The first-order chi connectivity index (χ1) is 17.3. The number of hydrogen-bond acceptors (Lipinski definition) is 2. The molecule has 0 aromatic heterocycles. The van der Waals surface area contributed by atoms with Crippen LogP contribution in [0.5, 0.6) is 0 Å². The van der Waals surface area contributed by atoms with Crippen molar-refractivity contribution in [2.45, 2.75) is 60.8 Å². The number of Topliss-reactive ketones (excluding diaryl/α,β-unsaturated/α-hetero) is 1. The van der Waals surface area contributed by atoms with Crippen molar-refractivity contribution in [2.24, 2.45) is 0 Å². The number of nitrogens with one attached hydrogen (secondary N) is 1. The lowest BCUT2D eigenvalue weighted by molar-refractivity contribution is 0.103. The molecule has 3 rings (SSSR count). The fraction of sp³-hybridized carbons (Fsp3) is 0.312. The van der Waals surface area contributed by atoms with Gasteiger partial charge in [0.15, 0.2) is 5.78 Å². The summed E-state index contributed by atoms with van der Waals surface area (Å²) >= 11 is 5.66. The zero-order chi connectivity index (χ0) is 27.3. The zero-order valence-electron chi connectivity index (χ0n) is 23.2. The highest BCUT2D eigenvalue weighted by atomic mass is 32.1. The molecule has 1 saturated heterocycles. The van der Waals surface area contributed by atoms with Gasteiger partial charge in [-0.3, -0.25) is 4.79 Å². The largest absolute Gasteiger partial charge is 0.412 e. The third kappa shape index (κ3) is 10.0. The van der Waals surface area contributed by atoms with Crippen LogP contribution in [0.3, 0.4) is 0 Å². The molecule has 1 atom stereocenters. The van der Waals surface area contributed by atoms with E-state index >= 15 is 0 Å². The molecule has 3 N–H and O–H groups in total. The van der Waals surface area contributed by atoms with Gasteiger partial charge in [0.1, 0.15) is 5.82 Å². The maximum atomic E-state index is 13.2. The molecule has 5 heteroatoms. The number of carbonyl (C=O) groups excluding carboxylic acids is 1. The summed E-state index contributed by atoms with van der Waals surface area (Å²) in [6.07, 6.45) is 6.43. The third-order valence-electron chi connectivity index (χ3n) is 5.62. The van der Waals surface area contributed by atoms with Crippen molar-refractivity contribution in [3.63, 3.8) is 0 Å². The molecule has 1 heterocycles. The highest BCUT2D eigenvalue weighted by molar-refractivity contribution is 7.80. The van der Waals surface area contributed by atoms with Crippen molar-refractivity contribution in [1.29, 1.82) is 0 Å². The van der Waals surface area contributed by atoms with Crippen molar-refractivity contribution in [3.8, 4) is 0 Å². The van der Waals surface area contributed by atoms with Crippen molar-refractivity contribution in [3.05, 3.63) is 118 Å². The summed E-state index contributed by atoms with van der Waals surface area (Å²) < 4.78 is 13.2. The fourth-order valence-electron chi connectivity index (χ4n) is 3.73. The number of hydrogen-bond donors (Lipinski definition) is 1. The van der Waals surface area contributed by atoms with E-state index in [1.165, 1.54) is 35.4 Å². The molecule has 2 aromatic carbocycles. The van der Waals surface area contributed by atoms with E-state index in [0.29, 0.717) is 17.7 Å². The van der Waals surface area contributed by atoms with Gasteiger partial charge < -0.3 is 10.8 Å². The maximum Gasteiger partial charge on any atom is 0.192 e. The van der Waals surface area contributed by atoms with Gasteiger partial charge in [0.05, 0.1) is 4.99 Å². The van der Waals surface area contributed by atoms with Crippen molar-refractivity contribution < 1.29 is 14.7 Å². The number of benzene rings is 2. The first-order valence-electron chi connectivity index (χ1n) is 12.7. The summed E-state index contributed by atoms with van der Waals surface area (Å²) in [7, 11) is 0. The van der Waals surface area contributed by atoms with Crippen LogP contribution in [0.25, 0.3) is 0 Å². The molecule has 37 heavy (non-hydrogen) atoms. The summed E-state index contributed by atoms with van der Waals surface area (Å²) in [5, 5.41) is 3.37. The van der Waals surface area contributed by atoms with Gasteiger partial charge >= 0.3 is 0 Å². The normalized spacial score (nSPS) is 16.8. The Morgan fingerprint density at radius 3 is 2.16 bits per heavy atom. The number of halogens is 1. The van der Waals surface area contributed by atoms with Crippen molar-refractivity contribution >= 4 is 23.0 Å². The van der Waals surface area contributed by atoms with Gasteiger partial charge in [-0.05, 0) is 74.2 Å². The van der Waals surface area contributed by atoms with E-state index in [1.54, 1.807) is 6.08 Å². The lowest BCUT2D eigenvalue weighted by atomic mass is 9.90. The fourth-order valence-corrected chi connectivity index (χ4v) is 4.02. The minimum atomic E-state index is -0.360. The van der Waals surface area contributed by atoms with Gasteiger partial charge in [-0.15, -0.1) is 0 Å². The molecular weight excluding hydrogens is 481 g/mol. The van der Waals surface area contributed by atoms with Crippen LogP contribution in [0.15, 0.2) is 95.6 Å². The van der Waals surface area contributed by atoms with E-state index < -0.39 is 0 Å². The van der Waals surface area contributed by atoms with E-state index in [9.17, 15) is 9.18 Å². The Bertz CT molecular complexity index is 1130. The molecule has 200 valence electrons. The van der Waals surface area contributed by atoms with E-state index in [4.69, 9.17) is 12.2 Å². The number of ketones is 1. The predicted octanol–water partition coefficient (Wildman–Crippen LogP) is 8.02. The molecule has 1 fully saturated rings. The summed E-state index contributed by atoms with van der Waals surface area (Å²) in [6, 6.07) is 14.1. The topological polar surface area (TPSA) is 60.6 Å². The third-order valence-corrected chi connectivity index (χ3v) is 6.05. The van der Waals surface area contributed by atoms with Crippen LogP contribution in [-0.2, 0) is 0 Å². The Balaban J connectivity index is 0.00000247. The van der Waals surface area contributed by atoms with Gasteiger partial charge in [0, 0.05) is 23.6 Å². The van der Waals surface area contributed by atoms with Gasteiger partial charge in [0.2, 0.25) is 0 Å². The second-order valence-electron chi connectivity index (χ2n) is 8.13. The zero-order valence-corrected chi connectivity index (χ0v) is 24.1. The first kappa shape index (κ1) is 33.8. The summed E-state index contributed by atoms with van der Waals surface area (Å²) in [6.45, 7) is 18.8. The lowest BCUT2D eigenvalue weighted by Gasteiger charge is -2.16. The molecule has 0 spiro atoms. The van der Waals surface area contributed by atoms with Crippen molar-refractivity contribution in [1.82, 2.24) is 5.32 Å². The predicted molar refractivity (Wildman–Crippen MR) is 161 cm³/mol. The smallest absolute Gasteiger partial charge is 0.192 e. The number of allylic oxidation sites excluding steroid dienone is 5. The van der Waals surface area contributed by atoms with Crippen LogP contribution in [-0.4, -0.2) is 22.8 Å². The average Bonchev–Trinajstić information content (AvgIpc) is 3.04. The van der Waals surface area contributed by atoms with Gasteiger partial charge in [0.25, 0.3) is 0 Å². The van der Waals surface area contributed by atoms with E-state index in [-0.39, 0.29) is 23.0 Å². The standard InChI is InChI=1S/C28H28FNOS.2C2H6.H2O/c1-5-21(27(31)23-10-12-25(29)13-11-23)14-19(3)15-24-17-30-28(32)26(16-20(24)4)22-8-6-18(2)7-9-22;2*1-2;/h5-15,26H,4,16-17H2,1-3H3,(H,30,32);2*1-2H3;1H2/b19-14+,21-5+,24-15+;;;. The molecular formula is C32H42FNO2S. The van der Waals surface area contributed by atoms with Gasteiger partial charge in [-0.1, -0.05) is 94.0 Å². The van der Waals surface area contributed by atoms with E-state index in [1.807, 2.05) is 47.6 Å². The Morgan fingerprint density at radius 1 is 1.05 bits per heavy atom. The molecule has 1 unspecified atom stereocenters. The molecule has 0 amide bonds. The van der Waals surface area contributed by atoms with E-state index in [2.05, 4.69) is 49.2 Å². The highest BCUT2D eigenvalue weighted by Gasteiger charge is 2.23. The second-order valence-corrected chi connectivity index (χ2v) is 8.57. The first-order valence-corrected chi connectivity index (χ1v) is 13.1. The number of thiocarbonyl (C=S) groups is 1. The SMILES string of the molecule is C=C1CC(c2ccc(C)cc2)C(=S)NC\C1=C/C(C)=C/C(=C\C)C(=O)c1ccc(F)cc1.CC.CC.O. The number of carbonyl (C=O) groups is 1. The summed E-state index contributed by atoms with van der Waals surface area (Å²) in [5.74, 6) is -0.399. The summed E-state index contributed by atoms with van der Waals surface area (Å²) in [4.78, 5) is 13.6. The molecule has 1 aliphatic heterocycles. The van der Waals surface area contributed by atoms with Crippen LogP contribution >= 0.6 is 12.2 Å². The number of aryl methyl sites for hydroxylation is 1. The summed E-state index contributed by atoms with van der Waals surface area (Å²) in [5.41, 5.74) is 6.46. The molecule has 2 aromatic rings. The average molecular weight is 524 g/mol. The Hall–Kier alpha value is -3.15. The molecule has 1 aliphatic rings. The molecule has 0 radical (unpaired) electrons. The minimum absolute atomic E-state index is 0. The monoisotopic (exact) mass is 523 g/mol. The minimum Gasteiger partial charge on any atom is -0.412 e. The van der Waals surface area contributed by atoms with Crippen LogP contribution in [0, 0.1) is 12.7 Å². The molecule has 0 saturated carbocycles. The molecule has 0 aliphatic carbocycles. The number of rotatable bonds is 5. The van der Waals surface area contributed by atoms with Crippen LogP contribution in [0.1, 0.15) is 75.4 Å². The second kappa shape index (κ2) is 17.3. The quantitative estimate of drug-likeness (QED) is 0.187. The highest BCUT2D eigenvalue weighted by Crippen LogP contribution is 2.30. The molecule has 0 bridgehead atoms. The van der Waals surface area contributed by atoms with E-state index in [0.717, 1.165) is 28.1 Å².